The van der Waals surface area contributed by atoms with E-state index in [-0.39, 0.29) is 5.97 Å². The van der Waals surface area contributed by atoms with Crippen LogP contribution >= 0.6 is 7.92 Å². The Morgan fingerprint density at radius 2 is 1.39 bits per heavy atom. The minimum Gasteiger partial charge on any atom is -0.463 e. The van der Waals surface area contributed by atoms with Crippen LogP contribution in [0.25, 0.3) is 0 Å². The molecule has 3 nitrogen and oxygen atoms in total. The maximum absolute atomic E-state index is 12.1. The maximum Gasteiger partial charge on any atom is 0.306 e. The molecule has 0 heterocycles. The molecule has 28 heavy (non-hydrogen) atoms. The van der Waals surface area contributed by atoms with Crippen LogP contribution in [0.15, 0.2) is 60.7 Å². The summed E-state index contributed by atoms with van der Waals surface area (Å²) in [7, 11) is -0.547. The van der Waals surface area contributed by atoms with E-state index in [1.807, 2.05) is 12.1 Å². The Morgan fingerprint density at radius 3 is 2.00 bits per heavy atom. The first kappa shape index (κ1) is 22.6. The van der Waals surface area contributed by atoms with Gasteiger partial charge in [0.2, 0.25) is 0 Å². The van der Waals surface area contributed by atoms with E-state index in [1.165, 1.54) is 36.3 Å². The highest BCUT2D eigenvalue weighted by molar-refractivity contribution is 7.73. The van der Waals surface area contributed by atoms with Gasteiger partial charge in [0.1, 0.15) is 6.61 Å². The van der Waals surface area contributed by atoms with Crippen molar-refractivity contribution in [3.8, 4) is 0 Å². The normalized spacial score (nSPS) is 10.9. The molecule has 2 aromatic carbocycles. The van der Waals surface area contributed by atoms with Gasteiger partial charge in [0.25, 0.3) is 0 Å². The summed E-state index contributed by atoms with van der Waals surface area (Å²) in [4.78, 5) is 12.1. The van der Waals surface area contributed by atoms with Crippen molar-refractivity contribution >= 4 is 24.5 Å². The first-order valence-electron chi connectivity index (χ1n) is 10.4. The number of unbranched alkanes of at least 4 members (excludes halogenated alkanes) is 4. The van der Waals surface area contributed by atoms with Gasteiger partial charge in [-0.25, -0.2) is 0 Å². The Hall–Kier alpha value is -1.70. The van der Waals surface area contributed by atoms with E-state index in [1.54, 1.807) is 0 Å². The van der Waals surface area contributed by atoms with Gasteiger partial charge in [-0.1, -0.05) is 93.3 Å². The summed E-state index contributed by atoms with van der Waals surface area (Å²) >= 11 is 0. The molecule has 0 amide bonds. The predicted molar refractivity (Wildman–Crippen MR) is 119 cm³/mol. The number of esters is 1. The predicted octanol–water partition coefficient (Wildman–Crippen LogP) is 5.04. The van der Waals surface area contributed by atoms with E-state index in [2.05, 4.69) is 55.5 Å². The fourth-order valence-electron chi connectivity index (χ4n) is 3.02. The number of hydrogen-bond donors (Lipinski definition) is 0. The second-order valence-electron chi connectivity index (χ2n) is 6.82. The SMILES string of the molecule is CCCCCCCOCCOC(=O)CCP(c1ccccc1)c1ccccc1. The lowest BCUT2D eigenvalue weighted by atomic mass is 10.2. The van der Waals surface area contributed by atoms with Crippen LogP contribution in [0.5, 0.6) is 0 Å². The summed E-state index contributed by atoms with van der Waals surface area (Å²) in [5, 5.41) is 2.59. The molecule has 0 aliphatic heterocycles. The zero-order valence-electron chi connectivity index (χ0n) is 17.0. The monoisotopic (exact) mass is 400 g/mol. The molecule has 0 saturated heterocycles. The molecule has 0 atom stereocenters. The summed E-state index contributed by atoms with van der Waals surface area (Å²) in [5.41, 5.74) is 0. The van der Waals surface area contributed by atoms with Crippen molar-refractivity contribution in [2.75, 3.05) is 26.0 Å². The van der Waals surface area contributed by atoms with Crippen molar-refractivity contribution < 1.29 is 14.3 Å². The first-order valence-corrected chi connectivity index (χ1v) is 11.9. The van der Waals surface area contributed by atoms with Crippen LogP contribution in [-0.4, -0.2) is 32.0 Å². The average molecular weight is 400 g/mol. The Balaban J connectivity index is 1.68. The fraction of sp³-hybridized carbons (Fsp3) is 0.458. The number of rotatable bonds is 14. The van der Waals surface area contributed by atoms with Crippen LogP contribution in [0.4, 0.5) is 0 Å². The summed E-state index contributed by atoms with van der Waals surface area (Å²) in [6.45, 7) is 3.82. The smallest absolute Gasteiger partial charge is 0.306 e. The van der Waals surface area contributed by atoms with Crippen LogP contribution in [0.2, 0.25) is 0 Å². The zero-order valence-corrected chi connectivity index (χ0v) is 17.9. The standard InChI is InChI=1S/C24H33O3P/c1-2-3-4-5-12-18-26-19-20-27-24(25)17-21-28(22-13-8-6-9-14-22)23-15-10-7-11-16-23/h6-11,13-16H,2-5,12,17-21H2,1H3. The molecule has 2 aromatic rings. The van der Waals surface area contributed by atoms with Gasteiger partial charge < -0.3 is 9.47 Å². The molecule has 0 N–H and O–H groups in total. The van der Waals surface area contributed by atoms with Crippen LogP contribution in [0.3, 0.4) is 0 Å². The third-order valence-electron chi connectivity index (χ3n) is 4.56. The van der Waals surface area contributed by atoms with Crippen LogP contribution in [0.1, 0.15) is 45.4 Å². The molecule has 0 radical (unpaired) electrons. The molecule has 0 fully saturated rings. The Morgan fingerprint density at radius 1 is 0.786 bits per heavy atom. The molecule has 0 aromatic heterocycles. The van der Waals surface area contributed by atoms with Crippen molar-refractivity contribution in [1.29, 1.82) is 0 Å². The Kier molecular flexibility index (Phi) is 11.6. The van der Waals surface area contributed by atoms with E-state index in [9.17, 15) is 4.79 Å². The second-order valence-corrected chi connectivity index (χ2v) is 9.16. The van der Waals surface area contributed by atoms with Crippen molar-refractivity contribution in [3.05, 3.63) is 60.7 Å². The van der Waals surface area contributed by atoms with Gasteiger partial charge in [-0.05, 0) is 31.1 Å². The van der Waals surface area contributed by atoms with E-state index in [0.717, 1.165) is 19.2 Å². The van der Waals surface area contributed by atoms with Gasteiger partial charge in [-0.3, -0.25) is 4.79 Å². The second kappa shape index (κ2) is 14.3. The zero-order chi connectivity index (χ0) is 19.9. The topological polar surface area (TPSA) is 35.5 Å². The number of benzene rings is 2. The molecular formula is C24H33O3P. The lowest BCUT2D eigenvalue weighted by Gasteiger charge is -2.18. The third-order valence-corrected chi connectivity index (χ3v) is 7.07. The van der Waals surface area contributed by atoms with Crippen LogP contribution in [-0.2, 0) is 14.3 Å². The maximum atomic E-state index is 12.1. The van der Waals surface area contributed by atoms with Gasteiger partial charge in [-0.15, -0.1) is 0 Å². The minimum absolute atomic E-state index is 0.133. The van der Waals surface area contributed by atoms with Crippen molar-refractivity contribution in [3.63, 3.8) is 0 Å². The fourth-order valence-corrected chi connectivity index (χ4v) is 5.31. The van der Waals surface area contributed by atoms with E-state index in [0.29, 0.717) is 19.6 Å². The molecule has 0 bridgehead atoms. The average Bonchev–Trinajstić information content (AvgIpc) is 2.74. The van der Waals surface area contributed by atoms with Crippen molar-refractivity contribution in [2.24, 2.45) is 0 Å². The molecule has 0 aliphatic rings. The van der Waals surface area contributed by atoms with Crippen LogP contribution < -0.4 is 10.6 Å². The molecule has 0 aliphatic carbocycles. The van der Waals surface area contributed by atoms with Gasteiger partial charge in [0, 0.05) is 6.61 Å². The number of carbonyl (C=O) groups is 1. The summed E-state index contributed by atoms with van der Waals surface area (Å²) in [6.07, 6.45) is 7.38. The minimum atomic E-state index is -0.547. The molecular weight excluding hydrogens is 367 g/mol. The van der Waals surface area contributed by atoms with E-state index in [4.69, 9.17) is 9.47 Å². The number of ether oxygens (including phenoxy) is 2. The molecule has 2 rings (SSSR count). The first-order chi connectivity index (χ1) is 13.8. The quantitative estimate of drug-likeness (QED) is 0.253. The summed E-state index contributed by atoms with van der Waals surface area (Å²) < 4.78 is 10.9. The van der Waals surface area contributed by atoms with Crippen molar-refractivity contribution in [2.45, 2.75) is 45.4 Å². The van der Waals surface area contributed by atoms with Gasteiger partial charge >= 0.3 is 5.97 Å². The lowest BCUT2D eigenvalue weighted by molar-refractivity contribution is -0.144. The molecule has 0 saturated carbocycles. The third kappa shape index (κ3) is 8.99. The van der Waals surface area contributed by atoms with Gasteiger partial charge in [0.05, 0.1) is 13.0 Å². The highest BCUT2D eigenvalue weighted by Crippen LogP contribution is 2.34. The molecule has 0 unspecified atom stereocenters. The van der Waals surface area contributed by atoms with Crippen molar-refractivity contribution in [1.82, 2.24) is 0 Å². The molecule has 152 valence electrons. The molecule has 0 spiro atoms. The van der Waals surface area contributed by atoms with Gasteiger partial charge in [0.15, 0.2) is 0 Å². The largest absolute Gasteiger partial charge is 0.463 e. The number of carbonyl (C=O) groups excluding carboxylic acids is 1. The highest BCUT2D eigenvalue weighted by atomic mass is 31.1. The highest BCUT2D eigenvalue weighted by Gasteiger charge is 2.15. The summed E-state index contributed by atoms with van der Waals surface area (Å²) in [5.74, 6) is -0.133. The lowest BCUT2D eigenvalue weighted by Crippen LogP contribution is -2.17. The summed E-state index contributed by atoms with van der Waals surface area (Å²) in [6, 6.07) is 20.9. The molecule has 4 heteroatoms. The Bertz CT molecular complexity index is 606. The number of hydrogen-bond acceptors (Lipinski definition) is 3. The van der Waals surface area contributed by atoms with Crippen LogP contribution in [0, 0.1) is 0 Å². The Labute approximate surface area is 171 Å². The van der Waals surface area contributed by atoms with E-state index >= 15 is 0 Å². The van der Waals surface area contributed by atoms with E-state index < -0.39 is 7.92 Å². The van der Waals surface area contributed by atoms with Gasteiger partial charge in [-0.2, -0.15) is 0 Å².